The van der Waals surface area contributed by atoms with Crippen LogP contribution >= 0.6 is 0 Å². The number of aliphatic hydroxyl groups excluding tert-OH is 1. The summed E-state index contributed by atoms with van der Waals surface area (Å²) in [6.07, 6.45) is 0.908. The lowest BCUT2D eigenvalue weighted by atomic mass is 10.1. The first-order valence-electron chi connectivity index (χ1n) is 7.25. The van der Waals surface area contributed by atoms with E-state index in [2.05, 4.69) is 48.7 Å². The smallest absolute Gasteiger partial charge is 0.134 e. The maximum absolute atomic E-state index is 8.75. The van der Waals surface area contributed by atoms with Crippen molar-refractivity contribution in [2.24, 2.45) is 0 Å². The summed E-state index contributed by atoms with van der Waals surface area (Å²) in [6.45, 7) is 6.75. The third kappa shape index (κ3) is 4.34. The van der Waals surface area contributed by atoms with Crippen molar-refractivity contribution in [2.45, 2.75) is 32.9 Å². The molecule has 1 heterocycles. The molecule has 2 rings (SSSR count). The van der Waals surface area contributed by atoms with Gasteiger partial charge in [0, 0.05) is 37.5 Å². The molecule has 3 N–H and O–H groups in total. The third-order valence-electron chi connectivity index (χ3n) is 3.18. The van der Waals surface area contributed by atoms with E-state index < -0.39 is 0 Å². The Balaban J connectivity index is 1.98. The predicted octanol–water partition coefficient (Wildman–Crippen LogP) is 2.06. The molecule has 0 atom stereocenters. The first kappa shape index (κ1) is 15.0. The molecule has 0 unspecified atom stereocenters. The van der Waals surface area contributed by atoms with Crippen LogP contribution in [0.2, 0.25) is 0 Å². The zero-order valence-corrected chi connectivity index (χ0v) is 12.3. The van der Waals surface area contributed by atoms with Crippen molar-refractivity contribution >= 4 is 11.0 Å². The monoisotopic (exact) mass is 276 g/mol. The van der Waals surface area contributed by atoms with Crippen molar-refractivity contribution < 1.29 is 9.52 Å². The van der Waals surface area contributed by atoms with Crippen LogP contribution in [0.3, 0.4) is 0 Å². The molecule has 4 nitrogen and oxygen atoms in total. The van der Waals surface area contributed by atoms with Crippen molar-refractivity contribution in [2.75, 3.05) is 19.7 Å². The summed E-state index contributed by atoms with van der Waals surface area (Å²) in [7, 11) is 0. The van der Waals surface area contributed by atoms with Crippen molar-refractivity contribution in [3.05, 3.63) is 35.6 Å². The van der Waals surface area contributed by atoms with Crippen LogP contribution in [0, 0.1) is 0 Å². The quantitative estimate of drug-likeness (QED) is 0.646. The Morgan fingerprint density at radius 1 is 1.20 bits per heavy atom. The molecule has 1 aromatic heterocycles. The minimum Gasteiger partial charge on any atom is -0.461 e. The molecule has 0 aliphatic rings. The lowest BCUT2D eigenvalue weighted by molar-refractivity contribution is 0.292. The summed E-state index contributed by atoms with van der Waals surface area (Å²) in [5.74, 6) is 1.02. The van der Waals surface area contributed by atoms with Crippen LogP contribution in [0.5, 0.6) is 0 Å². The average Bonchev–Trinajstić information content (AvgIpc) is 2.80. The fraction of sp³-hybridized carbons (Fsp3) is 0.500. The van der Waals surface area contributed by atoms with Gasteiger partial charge in [-0.3, -0.25) is 0 Å². The highest BCUT2D eigenvalue weighted by Gasteiger charge is 2.05. The fourth-order valence-corrected chi connectivity index (χ4v) is 2.16. The summed E-state index contributed by atoms with van der Waals surface area (Å²) in [4.78, 5) is 0. The zero-order chi connectivity index (χ0) is 14.4. The number of hydrogen-bond acceptors (Lipinski definition) is 4. The van der Waals surface area contributed by atoms with Gasteiger partial charge in [0.2, 0.25) is 0 Å². The summed E-state index contributed by atoms with van der Waals surface area (Å²) < 4.78 is 5.88. The molecule has 0 fully saturated rings. The normalized spacial score (nSPS) is 11.6. The summed E-state index contributed by atoms with van der Waals surface area (Å²) in [5, 5.41) is 16.5. The standard InChI is InChI=1S/C16H24N2O2/c1-12(2)18-6-5-15-10-14-4-3-13(9-16(14)20-15)11-17-7-8-19/h3-4,9-10,12,17-19H,5-8,11H2,1-2H3. The van der Waals surface area contributed by atoms with E-state index in [0.29, 0.717) is 12.6 Å². The SMILES string of the molecule is CC(C)NCCc1cc2ccc(CNCCO)cc2o1. The van der Waals surface area contributed by atoms with Crippen LogP contribution in [-0.2, 0) is 13.0 Å². The van der Waals surface area contributed by atoms with Crippen LogP contribution < -0.4 is 10.6 Å². The molecular formula is C16H24N2O2. The molecule has 2 aromatic rings. The van der Waals surface area contributed by atoms with Crippen molar-refractivity contribution in [1.82, 2.24) is 10.6 Å². The molecule has 0 saturated heterocycles. The molecule has 0 radical (unpaired) electrons. The molecule has 110 valence electrons. The first-order valence-corrected chi connectivity index (χ1v) is 7.25. The van der Waals surface area contributed by atoms with Crippen LogP contribution in [0.25, 0.3) is 11.0 Å². The average molecular weight is 276 g/mol. The van der Waals surface area contributed by atoms with Gasteiger partial charge in [-0.2, -0.15) is 0 Å². The van der Waals surface area contributed by atoms with Crippen LogP contribution in [0.15, 0.2) is 28.7 Å². The highest BCUT2D eigenvalue weighted by molar-refractivity contribution is 5.78. The largest absolute Gasteiger partial charge is 0.461 e. The van der Waals surface area contributed by atoms with Gasteiger partial charge >= 0.3 is 0 Å². The number of aliphatic hydroxyl groups is 1. The molecule has 1 aromatic carbocycles. The number of furan rings is 1. The van der Waals surface area contributed by atoms with E-state index in [0.717, 1.165) is 36.2 Å². The van der Waals surface area contributed by atoms with Gasteiger partial charge in [0.1, 0.15) is 11.3 Å². The Morgan fingerprint density at radius 2 is 2.05 bits per heavy atom. The highest BCUT2D eigenvalue weighted by Crippen LogP contribution is 2.21. The van der Waals surface area contributed by atoms with Gasteiger partial charge in [-0.15, -0.1) is 0 Å². The molecule has 0 saturated carbocycles. The van der Waals surface area contributed by atoms with Crippen molar-refractivity contribution in [1.29, 1.82) is 0 Å². The van der Waals surface area contributed by atoms with E-state index in [9.17, 15) is 0 Å². The minimum atomic E-state index is 0.163. The number of hydrogen-bond donors (Lipinski definition) is 3. The van der Waals surface area contributed by atoms with Gasteiger partial charge in [0.25, 0.3) is 0 Å². The van der Waals surface area contributed by atoms with Gasteiger partial charge in [-0.1, -0.05) is 26.0 Å². The number of rotatable bonds is 8. The minimum absolute atomic E-state index is 0.163. The molecule has 0 bridgehead atoms. The van der Waals surface area contributed by atoms with Gasteiger partial charge in [0.15, 0.2) is 0 Å². The Hall–Kier alpha value is -1.36. The Labute approximate surface area is 120 Å². The van der Waals surface area contributed by atoms with Gasteiger partial charge in [0.05, 0.1) is 6.61 Å². The highest BCUT2D eigenvalue weighted by atomic mass is 16.3. The fourth-order valence-electron chi connectivity index (χ4n) is 2.16. The topological polar surface area (TPSA) is 57.4 Å². The number of benzene rings is 1. The molecule has 0 aliphatic heterocycles. The molecular weight excluding hydrogens is 252 g/mol. The van der Waals surface area contributed by atoms with E-state index in [-0.39, 0.29) is 6.61 Å². The number of nitrogens with one attached hydrogen (secondary N) is 2. The van der Waals surface area contributed by atoms with E-state index >= 15 is 0 Å². The van der Waals surface area contributed by atoms with Crippen LogP contribution in [0.4, 0.5) is 0 Å². The van der Waals surface area contributed by atoms with Gasteiger partial charge in [-0.05, 0) is 17.7 Å². The summed E-state index contributed by atoms with van der Waals surface area (Å²) in [6, 6.07) is 8.87. The third-order valence-corrected chi connectivity index (χ3v) is 3.18. The first-order chi connectivity index (χ1) is 9.69. The molecule has 20 heavy (non-hydrogen) atoms. The second kappa shape index (κ2) is 7.43. The molecule has 0 amide bonds. The second-order valence-electron chi connectivity index (χ2n) is 5.34. The lowest BCUT2D eigenvalue weighted by Crippen LogP contribution is -2.24. The van der Waals surface area contributed by atoms with Gasteiger partial charge < -0.3 is 20.2 Å². The molecule has 0 spiro atoms. The second-order valence-corrected chi connectivity index (χ2v) is 5.34. The van der Waals surface area contributed by atoms with E-state index in [4.69, 9.17) is 9.52 Å². The maximum atomic E-state index is 8.75. The van der Waals surface area contributed by atoms with Crippen LogP contribution in [0.1, 0.15) is 25.2 Å². The lowest BCUT2D eigenvalue weighted by Gasteiger charge is -2.05. The van der Waals surface area contributed by atoms with Crippen molar-refractivity contribution in [3.63, 3.8) is 0 Å². The predicted molar refractivity (Wildman–Crippen MR) is 81.8 cm³/mol. The van der Waals surface area contributed by atoms with E-state index in [1.54, 1.807) is 0 Å². The Bertz CT molecular complexity index is 534. The van der Waals surface area contributed by atoms with E-state index in [1.165, 1.54) is 5.56 Å². The zero-order valence-electron chi connectivity index (χ0n) is 12.3. The van der Waals surface area contributed by atoms with Crippen molar-refractivity contribution in [3.8, 4) is 0 Å². The molecule has 4 heteroatoms. The summed E-state index contributed by atoms with van der Waals surface area (Å²) >= 11 is 0. The van der Waals surface area contributed by atoms with Crippen LogP contribution in [-0.4, -0.2) is 30.8 Å². The Morgan fingerprint density at radius 3 is 2.80 bits per heavy atom. The summed E-state index contributed by atoms with van der Waals surface area (Å²) in [5.41, 5.74) is 2.11. The Kier molecular flexibility index (Phi) is 5.59. The van der Waals surface area contributed by atoms with Gasteiger partial charge in [-0.25, -0.2) is 0 Å². The number of fused-ring (bicyclic) bond motifs is 1. The van der Waals surface area contributed by atoms with E-state index in [1.807, 2.05) is 0 Å². The maximum Gasteiger partial charge on any atom is 0.134 e. The molecule has 0 aliphatic carbocycles.